The Hall–Kier alpha value is -4.11. The third-order valence-corrected chi connectivity index (χ3v) is 25.6. The molecule has 1 heterocycles. The Labute approximate surface area is 410 Å². The number of azide groups is 1. The van der Waals surface area contributed by atoms with Crippen molar-refractivity contribution in [1.29, 1.82) is 0 Å². The van der Waals surface area contributed by atoms with Gasteiger partial charge in [0.15, 0.2) is 40.2 Å². The minimum absolute atomic E-state index is 0.121. The molecule has 1 amide bonds. The second-order valence-electron chi connectivity index (χ2n) is 21.3. The summed E-state index contributed by atoms with van der Waals surface area (Å²) in [4.78, 5) is 75.3. The van der Waals surface area contributed by atoms with E-state index in [1.165, 1.54) is 13.8 Å². The fourth-order valence-corrected chi connectivity index (χ4v) is 17.7. The molecule has 1 aromatic rings. The molecule has 0 spiro atoms. The SMILES string of the molecule is CC[Si](CC)(CC)O[C@H]1C[C@H]2OC[C@@]2(OC(C)=O)[C@H]2[C@H](N=[N+]=[N-])[C@]3(O)C[C@H](OC(=O)[C@H](O[Si](CC)(CC)CC)[C@@H](NC(=O)OC(C)(C)C)c4ccccc4)C(C)=C([C@@H](OC(C)=O)C(=O)[C@]12C)C3(C)C. The van der Waals surface area contributed by atoms with Crippen LogP contribution in [0.5, 0.6) is 0 Å². The molecule has 17 nitrogen and oxygen atoms in total. The number of hydrogen-bond donors (Lipinski definition) is 2. The maximum Gasteiger partial charge on any atom is 0.408 e. The van der Waals surface area contributed by atoms with E-state index in [-0.39, 0.29) is 25.0 Å². The number of Topliss-reactive ketones (excluding diaryl/α,β-unsaturated/α-hetero) is 1. The van der Waals surface area contributed by atoms with Crippen LogP contribution in [-0.2, 0) is 51.7 Å². The largest absolute Gasteiger partial charge is 0.456 e. The molecule has 0 unspecified atom stereocenters. The van der Waals surface area contributed by atoms with Crippen molar-refractivity contribution in [3.63, 3.8) is 0 Å². The van der Waals surface area contributed by atoms with E-state index in [1.807, 2.05) is 26.8 Å². The molecule has 2 N–H and O–H groups in total. The maximum atomic E-state index is 16.2. The minimum atomic E-state index is -2.72. The van der Waals surface area contributed by atoms with Crippen LogP contribution >= 0.6 is 0 Å². The van der Waals surface area contributed by atoms with Crippen LogP contribution in [-0.4, -0.2) is 111 Å². The Balaban J connectivity index is 1.81. The number of carbonyl (C=O) groups excluding carboxylic acids is 5. The molecule has 19 heteroatoms. The van der Waals surface area contributed by atoms with E-state index in [0.29, 0.717) is 29.3 Å². The summed E-state index contributed by atoms with van der Waals surface area (Å²) in [5.41, 5.74) is 3.60. The van der Waals surface area contributed by atoms with Gasteiger partial charge in [0.05, 0.1) is 35.8 Å². The Kier molecular flexibility index (Phi) is 16.9. The van der Waals surface area contributed by atoms with Crippen molar-refractivity contribution in [3.8, 4) is 0 Å². The van der Waals surface area contributed by atoms with Crippen molar-refractivity contribution in [2.75, 3.05) is 6.61 Å². The highest BCUT2D eigenvalue weighted by atomic mass is 28.4. The van der Waals surface area contributed by atoms with Gasteiger partial charge in [0.25, 0.3) is 0 Å². The summed E-state index contributed by atoms with van der Waals surface area (Å²) in [5, 5.41) is 21.3. The lowest BCUT2D eigenvalue weighted by Gasteiger charge is -2.68. The first-order chi connectivity index (χ1) is 32.2. The summed E-state index contributed by atoms with van der Waals surface area (Å²) >= 11 is 0. The summed E-state index contributed by atoms with van der Waals surface area (Å²) in [6, 6.07) is 10.3. The third-order valence-electron chi connectivity index (χ3n) is 16.4. The van der Waals surface area contributed by atoms with Gasteiger partial charge >= 0.3 is 24.0 Å². The Morgan fingerprint density at radius 3 is 1.99 bits per heavy atom. The molecule has 2 bridgehead atoms. The van der Waals surface area contributed by atoms with Gasteiger partial charge in [0.2, 0.25) is 0 Å². The van der Waals surface area contributed by atoms with Gasteiger partial charge in [-0.1, -0.05) is 90.8 Å². The van der Waals surface area contributed by atoms with Crippen LogP contribution < -0.4 is 5.32 Å². The van der Waals surface area contributed by atoms with Crippen molar-refractivity contribution in [2.45, 2.75) is 212 Å². The van der Waals surface area contributed by atoms with Gasteiger partial charge in [-0.25, -0.2) is 9.59 Å². The van der Waals surface area contributed by atoms with Gasteiger partial charge in [-0.05, 0) is 93.1 Å². The monoisotopic (exact) mass is 999 g/mol. The third kappa shape index (κ3) is 10.2. The number of esters is 3. The molecular formula is C50H78N4O13Si2. The molecule has 0 aromatic heterocycles. The molecule has 1 aliphatic heterocycles. The van der Waals surface area contributed by atoms with Crippen molar-refractivity contribution in [1.82, 2.24) is 5.32 Å². The summed E-state index contributed by atoms with van der Waals surface area (Å²) in [6.45, 7) is 26.3. The van der Waals surface area contributed by atoms with Crippen molar-refractivity contribution >= 4 is 46.4 Å². The number of nitrogens with zero attached hydrogens (tertiary/aromatic N) is 3. The average molecular weight is 999 g/mol. The predicted molar refractivity (Wildman–Crippen MR) is 263 cm³/mol. The van der Waals surface area contributed by atoms with Gasteiger partial charge in [0.1, 0.15) is 17.8 Å². The molecule has 3 fully saturated rings. The Bertz CT molecular complexity index is 2150. The van der Waals surface area contributed by atoms with Crippen LogP contribution in [0.3, 0.4) is 0 Å². The molecule has 2 saturated carbocycles. The normalized spacial score (nSPS) is 30.6. The first-order valence-electron chi connectivity index (χ1n) is 24.8. The number of ether oxygens (including phenoxy) is 5. The molecule has 1 aromatic carbocycles. The zero-order chi connectivity index (χ0) is 51.7. The summed E-state index contributed by atoms with van der Waals surface area (Å²) < 4.78 is 45.3. The molecule has 0 radical (unpaired) electrons. The lowest BCUT2D eigenvalue weighted by Crippen LogP contribution is -2.81. The zero-order valence-electron chi connectivity index (χ0n) is 43.6. The number of carbonyl (C=O) groups is 5. The highest BCUT2D eigenvalue weighted by Crippen LogP contribution is 2.65. The van der Waals surface area contributed by atoms with Crippen LogP contribution in [0.1, 0.15) is 128 Å². The van der Waals surface area contributed by atoms with Crippen LogP contribution in [0.15, 0.2) is 46.6 Å². The van der Waals surface area contributed by atoms with E-state index in [2.05, 4.69) is 36.1 Å². The number of aliphatic hydroxyl groups is 1. The van der Waals surface area contributed by atoms with E-state index >= 15 is 9.59 Å². The highest BCUT2D eigenvalue weighted by Gasteiger charge is 2.77. The summed E-state index contributed by atoms with van der Waals surface area (Å²) in [6.07, 6.45) is -7.28. The molecule has 3 aliphatic carbocycles. The van der Waals surface area contributed by atoms with Crippen molar-refractivity contribution in [2.24, 2.45) is 21.9 Å². The standard InChI is InChI=1S/C50H78N4O13Si2/c1-16-68(17-2,18-3)66-35-27-36-49(29-61-36,64-32(9)56)41-42(53-54-51)50(60)28-34(30(7)37(47(50,13)14)39(62-31(8)55)43(57)48(35,41)15)63-44(58)40(67-69(19-4,20-5)21-6)38(33-25-23-22-24-26-33)52-45(59)65-46(10,11)12/h22-26,34-36,38-42,60H,16-21,27-29H2,1-15H3,(H,52,59)/t34-,35-,36+,38-,39+,40+,41-,42-,48+,49-,50+/m0/s1. The smallest absolute Gasteiger partial charge is 0.408 e. The Morgan fingerprint density at radius 2 is 1.51 bits per heavy atom. The summed E-state index contributed by atoms with van der Waals surface area (Å²) in [5.74, 6) is -4.28. The van der Waals surface area contributed by atoms with E-state index in [0.717, 1.165) is 18.1 Å². The molecule has 5 rings (SSSR count). The fraction of sp³-hybridized carbons (Fsp3) is 0.740. The molecular weight excluding hydrogens is 921 g/mol. The van der Waals surface area contributed by atoms with Gasteiger partial charge in [-0.2, -0.15) is 0 Å². The van der Waals surface area contributed by atoms with Crippen molar-refractivity contribution in [3.05, 3.63) is 57.5 Å². The number of alkyl carbamates (subject to hydrolysis) is 1. The molecule has 384 valence electrons. The van der Waals surface area contributed by atoms with Gasteiger partial charge in [-0.15, -0.1) is 0 Å². The van der Waals surface area contributed by atoms with Gasteiger partial charge in [-0.3, -0.25) is 14.4 Å². The number of ketones is 1. The first-order valence-corrected chi connectivity index (χ1v) is 29.9. The highest BCUT2D eigenvalue weighted by molar-refractivity contribution is 6.74. The van der Waals surface area contributed by atoms with Crippen LogP contribution in [0.2, 0.25) is 36.3 Å². The summed E-state index contributed by atoms with van der Waals surface area (Å²) in [7, 11) is -5.30. The zero-order valence-corrected chi connectivity index (χ0v) is 45.6. The molecule has 69 heavy (non-hydrogen) atoms. The number of amides is 1. The second-order valence-corrected chi connectivity index (χ2v) is 30.7. The maximum absolute atomic E-state index is 16.2. The number of benzene rings is 1. The number of hydrogen-bond acceptors (Lipinski definition) is 14. The average Bonchev–Trinajstić information content (AvgIpc) is 3.28. The lowest BCUT2D eigenvalue weighted by atomic mass is 9.44. The lowest BCUT2D eigenvalue weighted by molar-refractivity contribution is -0.329. The van der Waals surface area contributed by atoms with E-state index in [9.17, 15) is 25.0 Å². The quantitative estimate of drug-likeness (QED) is 0.0266. The predicted octanol–water partition coefficient (Wildman–Crippen LogP) is 9.34. The molecule has 4 aliphatic rings. The molecule has 11 atom stereocenters. The Morgan fingerprint density at radius 1 is 0.928 bits per heavy atom. The topological polar surface area (TPSA) is 231 Å². The van der Waals surface area contributed by atoms with Crippen LogP contribution in [0.4, 0.5) is 4.79 Å². The minimum Gasteiger partial charge on any atom is -0.456 e. The van der Waals surface area contributed by atoms with E-state index in [4.69, 9.17) is 32.5 Å². The van der Waals surface area contributed by atoms with Gasteiger partial charge in [0, 0.05) is 42.9 Å². The number of nitrogens with one attached hydrogen (secondary N) is 1. The number of fused-ring (bicyclic) bond motifs is 5. The van der Waals surface area contributed by atoms with Crippen LogP contribution in [0.25, 0.3) is 10.4 Å². The van der Waals surface area contributed by atoms with Crippen molar-refractivity contribution < 1.29 is 61.6 Å². The van der Waals surface area contributed by atoms with Crippen LogP contribution in [0, 0.1) is 16.7 Å². The second kappa shape index (κ2) is 20.9. The molecule has 1 saturated heterocycles. The van der Waals surface area contributed by atoms with Gasteiger partial charge < -0.3 is 43.0 Å². The van der Waals surface area contributed by atoms with E-state index < -0.39 is 123 Å². The number of rotatable bonds is 18. The van der Waals surface area contributed by atoms with E-state index in [1.54, 1.807) is 72.7 Å². The first kappa shape index (κ1) is 55.8. The fourth-order valence-electron chi connectivity index (χ4n) is 12.0.